The minimum Gasteiger partial charge on any atom is -0.481 e. The molecule has 0 radical (unpaired) electrons. The summed E-state index contributed by atoms with van der Waals surface area (Å²) < 4.78 is 0. The summed E-state index contributed by atoms with van der Waals surface area (Å²) in [6.07, 6.45) is 0. The summed E-state index contributed by atoms with van der Waals surface area (Å²) in [6, 6.07) is 8.75. The Bertz CT molecular complexity index is 332. The van der Waals surface area contributed by atoms with Crippen LogP contribution in [0.3, 0.4) is 0 Å². The van der Waals surface area contributed by atoms with Gasteiger partial charge in [0.15, 0.2) is 0 Å². The molecule has 0 atom stereocenters. The Morgan fingerprint density at radius 1 is 1.50 bits per heavy atom. The molecule has 1 rings (SSSR count). The highest BCUT2D eigenvalue weighted by Crippen LogP contribution is 2.07. The van der Waals surface area contributed by atoms with E-state index in [-0.39, 0.29) is 5.75 Å². The first-order chi connectivity index (χ1) is 6.60. The molecule has 0 aliphatic rings. The van der Waals surface area contributed by atoms with Gasteiger partial charge < -0.3 is 5.11 Å². The van der Waals surface area contributed by atoms with Crippen LogP contribution in [0.15, 0.2) is 24.3 Å². The monoisotopic (exact) mass is 229 g/mol. The molecule has 0 aliphatic carbocycles. The van der Waals surface area contributed by atoms with Crippen LogP contribution in [0.25, 0.3) is 0 Å². The van der Waals surface area contributed by atoms with Gasteiger partial charge in [0.2, 0.25) is 0 Å². The number of aliphatic carboxylic acids is 1. The molecule has 0 aliphatic heterocycles. The van der Waals surface area contributed by atoms with Gasteiger partial charge in [0, 0.05) is 5.02 Å². The van der Waals surface area contributed by atoms with Crippen LogP contribution in [0.2, 0.25) is 5.02 Å². The highest BCUT2D eigenvalue weighted by atomic mass is 35.5. The van der Waals surface area contributed by atoms with Crippen molar-refractivity contribution in [2.75, 3.05) is 5.75 Å². The van der Waals surface area contributed by atoms with E-state index >= 15 is 0 Å². The van der Waals surface area contributed by atoms with E-state index in [1.165, 1.54) is 0 Å². The molecular weight excluding hydrogens is 222 g/mol. The molecule has 1 aromatic rings. The van der Waals surface area contributed by atoms with Crippen molar-refractivity contribution in [3.63, 3.8) is 0 Å². The average Bonchev–Trinajstić information content (AvgIpc) is 2.20. The first-order valence-electron chi connectivity index (χ1n) is 3.58. The minimum absolute atomic E-state index is 0.0833. The fourth-order valence-corrected chi connectivity index (χ4v) is 0.650. The Balaban J connectivity index is 0.000000292. The van der Waals surface area contributed by atoms with E-state index in [0.29, 0.717) is 10.6 Å². The van der Waals surface area contributed by atoms with Gasteiger partial charge in [-0.3, -0.25) is 4.79 Å². The van der Waals surface area contributed by atoms with Crippen LogP contribution in [-0.4, -0.2) is 16.8 Å². The maximum absolute atomic E-state index is 9.29. The molecule has 3 nitrogen and oxygen atoms in total. The number of hydrogen-bond acceptors (Lipinski definition) is 3. The number of halogens is 1. The lowest BCUT2D eigenvalue weighted by Gasteiger charge is -1.86. The third-order valence-electron chi connectivity index (χ3n) is 1.11. The zero-order chi connectivity index (χ0) is 11.0. The van der Waals surface area contributed by atoms with E-state index in [2.05, 4.69) is 12.6 Å². The van der Waals surface area contributed by atoms with Gasteiger partial charge >= 0.3 is 5.97 Å². The standard InChI is InChI=1S/C7H4ClN.C2H4O2S/c8-7-3-1-6(5-9)2-4-7;3-2(4)1-5/h1-4H;5H,1H2,(H,3,4). The molecule has 0 unspecified atom stereocenters. The van der Waals surface area contributed by atoms with Gasteiger partial charge in [-0.25, -0.2) is 0 Å². The number of carboxylic acids is 1. The molecule has 14 heavy (non-hydrogen) atoms. The van der Waals surface area contributed by atoms with Crippen molar-refractivity contribution in [1.82, 2.24) is 0 Å². The fourth-order valence-electron chi connectivity index (χ4n) is 0.524. The third-order valence-corrected chi connectivity index (χ3v) is 1.63. The summed E-state index contributed by atoms with van der Waals surface area (Å²) in [5.41, 5.74) is 0.638. The topological polar surface area (TPSA) is 61.1 Å². The number of carboxylic acid groups (broad SMARTS) is 1. The molecule has 0 heterocycles. The van der Waals surface area contributed by atoms with Crippen molar-refractivity contribution >= 4 is 30.2 Å². The van der Waals surface area contributed by atoms with Crippen molar-refractivity contribution in [1.29, 1.82) is 5.26 Å². The van der Waals surface area contributed by atoms with Crippen molar-refractivity contribution < 1.29 is 9.90 Å². The molecular formula is C9H8ClNO2S. The molecule has 0 fully saturated rings. The van der Waals surface area contributed by atoms with Crippen molar-refractivity contribution in [2.24, 2.45) is 0 Å². The maximum Gasteiger partial charge on any atom is 0.313 e. The van der Waals surface area contributed by atoms with Crippen LogP contribution in [0, 0.1) is 11.3 Å². The second-order valence-corrected chi connectivity index (χ2v) is 2.92. The predicted molar refractivity (Wildman–Crippen MR) is 57.7 cm³/mol. The van der Waals surface area contributed by atoms with Crippen LogP contribution in [0.5, 0.6) is 0 Å². The lowest BCUT2D eigenvalue weighted by atomic mass is 10.2. The summed E-state index contributed by atoms with van der Waals surface area (Å²) in [7, 11) is 0. The molecule has 0 saturated heterocycles. The van der Waals surface area contributed by atoms with Gasteiger partial charge in [0.1, 0.15) is 0 Å². The summed E-state index contributed by atoms with van der Waals surface area (Å²) in [6.45, 7) is 0. The highest BCUT2D eigenvalue weighted by molar-refractivity contribution is 7.81. The van der Waals surface area contributed by atoms with Crippen LogP contribution in [-0.2, 0) is 4.79 Å². The zero-order valence-electron chi connectivity index (χ0n) is 7.14. The first kappa shape index (κ1) is 12.8. The highest BCUT2D eigenvalue weighted by Gasteiger charge is 1.86. The van der Waals surface area contributed by atoms with Gasteiger partial charge in [-0.2, -0.15) is 17.9 Å². The number of rotatable bonds is 1. The van der Waals surface area contributed by atoms with Gasteiger partial charge in [-0.05, 0) is 24.3 Å². The van der Waals surface area contributed by atoms with Gasteiger partial charge in [-0.1, -0.05) is 11.6 Å². The van der Waals surface area contributed by atoms with Gasteiger partial charge in [0.25, 0.3) is 0 Å². The summed E-state index contributed by atoms with van der Waals surface area (Å²) >= 11 is 8.98. The molecule has 0 amide bonds. The van der Waals surface area contributed by atoms with Crippen molar-refractivity contribution in [3.05, 3.63) is 34.9 Å². The third kappa shape index (κ3) is 6.35. The van der Waals surface area contributed by atoms with Crippen LogP contribution < -0.4 is 0 Å². The average molecular weight is 230 g/mol. The van der Waals surface area contributed by atoms with E-state index in [0.717, 1.165) is 0 Å². The van der Waals surface area contributed by atoms with Gasteiger partial charge in [-0.15, -0.1) is 0 Å². The molecule has 1 N–H and O–H groups in total. The second-order valence-electron chi connectivity index (χ2n) is 2.17. The van der Waals surface area contributed by atoms with Gasteiger partial charge in [0.05, 0.1) is 17.4 Å². The number of hydrogen-bond donors (Lipinski definition) is 2. The molecule has 0 aromatic heterocycles. The number of benzene rings is 1. The largest absolute Gasteiger partial charge is 0.481 e. The molecule has 0 spiro atoms. The normalized spacial score (nSPS) is 8.07. The van der Waals surface area contributed by atoms with Crippen molar-refractivity contribution in [2.45, 2.75) is 0 Å². The zero-order valence-corrected chi connectivity index (χ0v) is 8.79. The second kappa shape index (κ2) is 7.25. The fraction of sp³-hybridized carbons (Fsp3) is 0.111. The lowest BCUT2D eigenvalue weighted by molar-refractivity contribution is -0.133. The quantitative estimate of drug-likeness (QED) is 0.726. The van der Waals surface area contributed by atoms with Crippen LogP contribution in [0.1, 0.15) is 5.56 Å². The molecule has 74 valence electrons. The number of carbonyl (C=O) groups is 1. The maximum atomic E-state index is 9.29. The smallest absolute Gasteiger partial charge is 0.313 e. The van der Waals surface area contributed by atoms with Crippen LogP contribution in [0.4, 0.5) is 0 Å². The van der Waals surface area contributed by atoms with E-state index in [4.69, 9.17) is 22.0 Å². The molecule has 5 heteroatoms. The Hall–Kier alpha value is -1.18. The predicted octanol–water partition coefficient (Wildman–Crippen LogP) is 2.21. The number of nitriles is 1. The van der Waals surface area contributed by atoms with E-state index in [1.54, 1.807) is 24.3 Å². The summed E-state index contributed by atoms with van der Waals surface area (Å²) in [5, 5.41) is 16.6. The molecule has 0 saturated carbocycles. The Morgan fingerprint density at radius 3 is 2.21 bits per heavy atom. The summed E-state index contributed by atoms with van der Waals surface area (Å²) in [5.74, 6) is -0.965. The van der Waals surface area contributed by atoms with Crippen molar-refractivity contribution in [3.8, 4) is 6.07 Å². The Morgan fingerprint density at radius 2 is 1.93 bits per heavy atom. The SMILES string of the molecule is N#Cc1ccc(Cl)cc1.O=C(O)CS. The van der Waals surface area contributed by atoms with E-state index in [9.17, 15) is 4.79 Å². The Labute approximate surface area is 92.3 Å². The van der Waals surface area contributed by atoms with Crippen LogP contribution >= 0.6 is 24.2 Å². The first-order valence-corrected chi connectivity index (χ1v) is 4.59. The lowest BCUT2D eigenvalue weighted by Crippen LogP contribution is -1.92. The minimum atomic E-state index is -0.881. The number of thiol groups is 1. The summed E-state index contributed by atoms with van der Waals surface area (Å²) in [4.78, 5) is 9.29. The molecule has 0 bridgehead atoms. The molecule has 1 aromatic carbocycles. The number of nitrogens with zero attached hydrogens (tertiary/aromatic N) is 1. The van der Waals surface area contributed by atoms with E-state index < -0.39 is 5.97 Å². The van der Waals surface area contributed by atoms with E-state index in [1.807, 2.05) is 6.07 Å². The Kier molecular flexibility index (Phi) is 6.63.